The van der Waals surface area contributed by atoms with Crippen molar-refractivity contribution in [2.45, 2.75) is 0 Å². The van der Waals surface area contributed by atoms with Gasteiger partial charge in [-0.3, -0.25) is 0 Å². The van der Waals surface area contributed by atoms with E-state index in [4.69, 9.17) is 0 Å². The highest BCUT2D eigenvalue weighted by Crippen LogP contribution is 2.00. The van der Waals surface area contributed by atoms with Crippen LogP contribution in [0.1, 0.15) is 0 Å². The molecule has 0 atom stereocenters. The highest BCUT2D eigenvalue weighted by molar-refractivity contribution is 7.26. The van der Waals surface area contributed by atoms with E-state index in [1.807, 2.05) is 11.3 Å². The van der Waals surface area contributed by atoms with E-state index < -0.39 is 8.80 Å². The zero-order valence-electron chi connectivity index (χ0n) is 9.91. The normalized spacial score (nSPS) is 10.7. The first-order valence-electron chi connectivity index (χ1n) is 5.97. The zero-order chi connectivity index (χ0) is 12.2. The summed E-state index contributed by atoms with van der Waals surface area (Å²) in [6.07, 6.45) is 0. The molecule has 1 aromatic heterocycles. The summed E-state index contributed by atoms with van der Waals surface area (Å²) < 4.78 is 1.50. The van der Waals surface area contributed by atoms with Gasteiger partial charge in [-0.25, -0.2) is 0 Å². The topological polar surface area (TPSA) is 0 Å². The van der Waals surface area contributed by atoms with Gasteiger partial charge in [-0.2, -0.15) is 11.3 Å². The lowest BCUT2D eigenvalue weighted by Gasteiger charge is -2.14. The highest BCUT2D eigenvalue weighted by atomic mass is 32.1. The molecule has 0 unspecified atom stereocenters. The van der Waals surface area contributed by atoms with Crippen LogP contribution in [0.2, 0.25) is 0 Å². The molecular weight excluding hydrogens is 252 g/mol. The van der Waals surface area contributed by atoms with Crippen LogP contribution in [-0.4, -0.2) is 8.80 Å². The fourth-order valence-corrected chi connectivity index (χ4v) is 6.14. The molecular formula is C16H13SSi. The number of benzene rings is 2. The summed E-state index contributed by atoms with van der Waals surface area (Å²) in [6.45, 7) is 0. The first-order chi connectivity index (χ1) is 8.95. The molecule has 0 aliphatic heterocycles. The fraction of sp³-hybridized carbons (Fsp3) is 0. The van der Waals surface area contributed by atoms with Crippen LogP contribution in [-0.2, 0) is 0 Å². The second kappa shape index (κ2) is 5.34. The molecule has 3 aromatic rings. The van der Waals surface area contributed by atoms with Crippen LogP contribution >= 0.6 is 11.3 Å². The molecule has 0 saturated carbocycles. The van der Waals surface area contributed by atoms with Gasteiger partial charge in [0.15, 0.2) is 8.80 Å². The highest BCUT2D eigenvalue weighted by Gasteiger charge is 2.19. The molecule has 3 rings (SSSR count). The summed E-state index contributed by atoms with van der Waals surface area (Å²) in [4.78, 5) is 0. The van der Waals surface area contributed by atoms with Crippen molar-refractivity contribution in [2.75, 3.05) is 0 Å². The van der Waals surface area contributed by atoms with Crippen molar-refractivity contribution in [3.05, 3.63) is 78.2 Å². The van der Waals surface area contributed by atoms with Crippen LogP contribution < -0.4 is 14.9 Å². The number of thiophene rings is 1. The van der Waals surface area contributed by atoms with E-state index in [2.05, 4.69) is 78.2 Å². The lowest BCUT2D eigenvalue weighted by atomic mass is 10.4. The minimum atomic E-state index is -0.816. The summed E-state index contributed by atoms with van der Waals surface area (Å²) in [5.41, 5.74) is 0. The minimum absolute atomic E-state index is 0.816. The Kier molecular flexibility index (Phi) is 3.39. The van der Waals surface area contributed by atoms with Gasteiger partial charge < -0.3 is 0 Å². The predicted octanol–water partition coefficient (Wildman–Crippen LogP) is 2.26. The van der Waals surface area contributed by atoms with Crippen molar-refractivity contribution >= 4 is 35.0 Å². The molecule has 2 aromatic carbocycles. The molecule has 1 radical (unpaired) electrons. The Morgan fingerprint density at radius 3 is 1.61 bits per heavy atom. The summed E-state index contributed by atoms with van der Waals surface area (Å²) in [5, 5.41) is 5.08. The van der Waals surface area contributed by atoms with E-state index in [9.17, 15) is 0 Å². The van der Waals surface area contributed by atoms with E-state index in [-0.39, 0.29) is 0 Å². The monoisotopic (exact) mass is 265 g/mol. The van der Waals surface area contributed by atoms with Gasteiger partial charge >= 0.3 is 0 Å². The molecule has 18 heavy (non-hydrogen) atoms. The molecule has 1 heterocycles. The molecule has 0 saturated heterocycles. The predicted molar refractivity (Wildman–Crippen MR) is 81.9 cm³/mol. The Morgan fingerprint density at radius 2 is 1.17 bits per heavy atom. The van der Waals surface area contributed by atoms with Gasteiger partial charge in [0.2, 0.25) is 0 Å². The Labute approximate surface area is 113 Å². The van der Waals surface area contributed by atoms with Gasteiger partial charge in [0, 0.05) is 0 Å². The lowest BCUT2D eigenvalue weighted by Crippen LogP contribution is -2.50. The molecule has 0 nitrogen and oxygen atoms in total. The molecule has 2 heteroatoms. The van der Waals surface area contributed by atoms with Gasteiger partial charge in [0.25, 0.3) is 0 Å². The van der Waals surface area contributed by atoms with Gasteiger partial charge in [0.1, 0.15) is 0 Å². The maximum Gasteiger partial charge on any atom is 0.168 e. The van der Waals surface area contributed by atoms with Crippen LogP contribution in [0.3, 0.4) is 0 Å². The number of hydrogen-bond donors (Lipinski definition) is 0. The van der Waals surface area contributed by atoms with E-state index in [1.54, 1.807) is 0 Å². The first-order valence-corrected chi connectivity index (χ1v) is 8.35. The summed E-state index contributed by atoms with van der Waals surface area (Å²) in [7, 11) is -0.816. The van der Waals surface area contributed by atoms with E-state index in [0.717, 1.165) is 0 Å². The molecule has 0 fully saturated rings. The van der Waals surface area contributed by atoms with E-state index in [1.165, 1.54) is 14.9 Å². The minimum Gasteiger partial charge on any atom is -0.153 e. The van der Waals surface area contributed by atoms with Gasteiger partial charge in [0.05, 0.1) is 0 Å². The van der Waals surface area contributed by atoms with Crippen LogP contribution in [0.15, 0.2) is 78.2 Å². The van der Waals surface area contributed by atoms with E-state index in [0.29, 0.717) is 0 Å². The summed E-state index contributed by atoms with van der Waals surface area (Å²) >= 11 is 1.87. The molecule has 0 bridgehead atoms. The SMILES string of the molecule is c1ccc([Si](c2ccccc2)c2cccs2)cc1. The largest absolute Gasteiger partial charge is 0.168 e. The third kappa shape index (κ3) is 2.30. The van der Waals surface area contributed by atoms with Crippen molar-refractivity contribution in [1.29, 1.82) is 0 Å². The Bertz CT molecular complexity index is 548. The van der Waals surface area contributed by atoms with Crippen LogP contribution in [0.4, 0.5) is 0 Å². The Balaban J connectivity index is 2.11. The molecule has 0 amide bonds. The van der Waals surface area contributed by atoms with Gasteiger partial charge in [-0.15, -0.1) is 0 Å². The molecule has 0 aliphatic rings. The van der Waals surface area contributed by atoms with Crippen LogP contribution in [0.5, 0.6) is 0 Å². The smallest absolute Gasteiger partial charge is 0.153 e. The third-order valence-corrected chi connectivity index (χ3v) is 7.02. The maximum absolute atomic E-state index is 2.26. The van der Waals surface area contributed by atoms with Crippen molar-refractivity contribution < 1.29 is 0 Å². The third-order valence-electron chi connectivity index (χ3n) is 2.89. The van der Waals surface area contributed by atoms with Crippen LogP contribution in [0, 0.1) is 0 Å². The second-order valence-corrected chi connectivity index (χ2v) is 7.84. The molecule has 87 valence electrons. The van der Waals surface area contributed by atoms with Crippen molar-refractivity contribution in [2.24, 2.45) is 0 Å². The zero-order valence-corrected chi connectivity index (χ0v) is 11.7. The maximum atomic E-state index is 2.26. The van der Waals surface area contributed by atoms with Crippen molar-refractivity contribution in [3.8, 4) is 0 Å². The summed E-state index contributed by atoms with van der Waals surface area (Å²) in [5.74, 6) is 0. The van der Waals surface area contributed by atoms with Crippen LogP contribution in [0.25, 0.3) is 0 Å². The molecule has 0 N–H and O–H groups in total. The van der Waals surface area contributed by atoms with E-state index >= 15 is 0 Å². The lowest BCUT2D eigenvalue weighted by molar-refractivity contribution is 1.73. The number of rotatable bonds is 3. The standard InChI is InChI=1S/C16H13SSi/c1-3-8-14(9-4-1)18(16-12-7-13-17-16)15-10-5-2-6-11-15/h1-13H. The Hall–Kier alpha value is -1.64. The average Bonchev–Trinajstić information content (AvgIpc) is 2.95. The molecule has 0 spiro atoms. The Morgan fingerprint density at radius 1 is 0.611 bits per heavy atom. The second-order valence-electron chi connectivity index (χ2n) is 4.08. The summed E-state index contributed by atoms with van der Waals surface area (Å²) in [6, 6.07) is 26.1. The van der Waals surface area contributed by atoms with Crippen molar-refractivity contribution in [3.63, 3.8) is 0 Å². The van der Waals surface area contributed by atoms with Crippen molar-refractivity contribution in [1.82, 2.24) is 0 Å². The number of hydrogen-bond acceptors (Lipinski definition) is 1. The first kappa shape index (κ1) is 11.4. The fourth-order valence-electron chi connectivity index (χ4n) is 2.08. The quantitative estimate of drug-likeness (QED) is 0.637. The average molecular weight is 265 g/mol. The van der Waals surface area contributed by atoms with Gasteiger partial charge in [-0.1, -0.05) is 72.8 Å². The molecule has 0 aliphatic carbocycles. The van der Waals surface area contributed by atoms with Gasteiger partial charge in [-0.05, 0) is 20.3 Å².